The lowest BCUT2D eigenvalue weighted by atomic mass is 10.0. The van der Waals surface area contributed by atoms with Crippen molar-refractivity contribution in [2.24, 2.45) is 0 Å². The molecule has 0 aliphatic carbocycles. The van der Waals surface area contributed by atoms with Gasteiger partial charge < -0.3 is 0 Å². The third-order valence-corrected chi connectivity index (χ3v) is 1.94. The highest BCUT2D eigenvalue weighted by molar-refractivity contribution is 6.68. The van der Waals surface area contributed by atoms with Crippen LogP contribution in [0.25, 0.3) is 0 Å². The first kappa shape index (κ1) is 12.5. The lowest BCUT2D eigenvalue weighted by Gasteiger charge is -2.10. The first-order chi connectivity index (χ1) is 7.27. The Morgan fingerprint density at radius 3 is 2.31 bits per heavy atom. The van der Waals surface area contributed by atoms with Crippen LogP contribution in [-0.2, 0) is 6.18 Å². The molecule has 0 aromatic heterocycles. The molecule has 0 amide bonds. The van der Waals surface area contributed by atoms with E-state index in [0.29, 0.717) is 6.07 Å². The van der Waals surface area contributed by atoms with Crippen molar-refractivity contribution in [2.45, 2.75) is 6.18 Å². The monoisotopic (exact) mass is 251 g/mol. The Morgan fingerprint density at radius 2 is 1.94 bits per heavy atom. The van der Waals surface area contributed by atoms with Crippen LogP contribution < -0.4 is 0 Å². The summed E-state index contributed by atoms with van der Waals surface area (Å²) in [6.07, 6.45) is -4.92. The van der Waals surface area contributed by atoms with Gasteiger partial charge in [0.2, 0.25) is 0 Å². The molecule has 16 heavy (non-hydrogen) atoms. The maximum atomic E-state index is 12.8. The van der Waals surface area contributed by atoms with Crippen molar-refractivity contribution in [1.82, 2.24) is 0 Å². The van der Waals surface area contributed by atoms with Crippen LogP contribution in [0.2, 0.25) is 0 Å². The smallest absolute Gasteiger partial charge is 0.276 e. The van der Waals surface area contributed by atoms with E-state index in [1.54, 1.807) is 0 Å². The van der Waals surface area contributed by atoms with Crippen molar-refractivity contribution in [3.05, 3.63) is 34.6 Å². The molecule has 0 radical (unpaired) electrons. The van der Waals surface area contributed by atoms with Crippen LogP contribution in [0.3, 0.4) is 0 Å². The molecule has 0 N–H and O–H groups in total. The molecular weight excluding hydrogens is 250 g/mol. The Kier molecular flexibility index (Phi) is 3.19. The second-order valence-corrected chi connectivity index (χ2v) is 3.10. The maximum Gasteiger partial charge on any atom is 0.417 e. The minimum Gasteiger partial charge on any atom is -0.276 e. The van der Waals surface area contributed by atoms with Gasteiger partial charge >= 0.3 is 6.18 Å². The van der Waals surface area contributed by atoms with Crippen LogP contribution in [0.5, 0.6) is 0 Å². The third kappa shape index (κ3) is 2.31. The van der Waals surface area contributed by atoms with Gasteiger partial charge in [0.15, 0.2) is 0 Å². The number of halogens is 5. The van der Waals surface area contributed by atoms with Crippen LogP contribution in [0.15, 0.2) is 12.1 Å². The Bertz CT molecular complexity index is 490. The summed E-state index contributed by atoms with van der Waals surface area (Å²) in [6, 6.07) is 1.82. The van der Waals surface area contributed by atoms with Crippen LogP contribution in [0.1, 0.15) is 21.5 Å². The molecule has 0 atom stereocenters. The number of alkyl halides is 3. The predicted molar refractivity (Wildman–Crippen MR) is 46.3 cm³/mol. The van der Waals surface area contributed by atoms with Gasteiger partial charge in [-0.2, -0.15) is 18.4 Å². The number of benzene rings is 1. The second-order valence-electron chi connectivity index (χ2n) is 2.76. The van der Waals surface area contributed by atoms with Crippen molar-refractivity contribution in [1.29, 1.82) is 5.26 Å². The highest BCUT2D eigenvalue weighted by Gasteiger charge is 2.36. The molecule has 0 fully saturated rings. The minimum atomic E-state index is -4.92. The molecule has 0 saturated carbocycles. The molecule has 1 aromatic carbocycles. The fraction of sp³-hybridized carbons (Fsp3) is 0.111. The molecule has 0 aliphatic rings. The Morgan fingerprint density at radius 1 is 1.38 bits per heavy atom. The molecule has 0 unspecified atom stereocenters. The van der Waals surface area contributed by atoms with Crippen molar-refractivity contribution in [3.63, 3.8) is 0 Å². The fourth-order valence-corrected chi connectivity index (χ4v) is 1.25. The molecule has 0 bridgehead atoms. The predicted octanol–water partition coefficient (Wildman–Crippen LogP) is 3.10. The van der Waals surface area contributed by atoms with Crippen LogP contribution in [-0.4, -0.2) is 5.24 Å². The number of carbonyl (C=O) groups excluding carboxylic acids is 1. The number of hydrogen-bond donors (Lipinski definition) is 0. The average Bonchev–Trinajstić information content (AvgIpc) is 2.14. The van der Waals surface area contributed by atoms with Crippen molar-refractivity contribution < 1.29 is 22.4 Å². The second kappa shape index (κ2) is 4.10. The van der Waals surface area contributed by atoms with E-state index < -0.39 is 33.9 Å². The standard InChI is InChI=1S/C9H2ClF4NO/c10-8(16)5-1-4(11)2-7(6(5)3-15)9(12,13)14/h1-2H. The molecule has 1 rings (SSSR count). The van der Waals surface area contributed by atoms with Gasteiger partial charge in [0.05, 0.1) is 16.7 Å². The van der Waals surface area contributed by atoms with E-state index in [1.165, 1.54) is 6.07 Å². The minimum absolute atomic E-state index is 0.141. The highest BCUT2D eigenvalue weighted by atomic mass is 35.5. The van der Waals surface area contributed by atoms with Gasteiger partial charge in [0.25, 0.3) is 5.24 Å². The van der Waals surface area contributed by atoms with E-state index in [4.69, 9.17) is 16.9 Å². The molecular formula is C9H2ClF4NO. The van der Waals surface area contributed by atoms with Gasteiger partial charge in [-0.3, -0.25) is 4.79 Å². The summed E-state index contributed by atoms with van der Waals surface area (Å²) >= 11 is 4.96. The lowest BCUT2D eigenvalue weighted by molar-refractivity contribution is -0.138. The van der Waals surface area contributed by atoms with E-state index in [0.717, 1.165) is 0 Å². The number of rotatable bonds is 1. The van der Waals surface area contributed by atoms with E-state index >= 15 is 0 Å². The quantitative estimate of drug-likeness (QED) is 0.568. The molecule has 0 saturated heterocycles. The van der Waals surface area contributed by atoms with Gasteiger partial charge in [-0.05, 0) is 23.7 Å². The van der Waals surface area contributed by atoms with E-state index in [9.17, 15) is 22.4 Å². The zero-order valence-electron chi connectivity index (χ0n) is 7.40. The topological polar surface area (TPSA) is 40.9 Å². The first-order valence-corrected chi connectivity index (χ1v) is 4.16. The molecule has 7 heteroatoms. The summed E-state index contributed by atoms with van der Waals surface area (Å²) < 4.78 is 50.0. The largest absolute Gasteiger partial charge is 0.417 e. The van der Waals surface area contributed by atoms with Crippen LogP contribution >= 0.6 is 11.6 Å². The average molecular weight is 252 g/mol. The Balaban J connectivity index is 3.63. The normalized spacial score (nSPS) is 11.0. The number of carbonyl (C=O) groups is 1. The highest BCUT2D eigenvalue weighted by Crippen LogP contribution is 2.34. The summed E-state index contributed by atoms with van der Waals surface area (Å²) in [5.41, 5.74) is -3.29. The molecule has 84 valence electrons. The number of nitriles is 1. The van der Waals surface area contributed by atoms with E-state index in [2.05, 4.69) is 0 Å². The summed E-state index contributed by atoms with van der Waals surface area (Å²) in [6.45, 7) is 0. The molecule has 0 spiro atoms. The van der Waals surface area contributed by atoms with Crippen LogP contribution in [0, 0.1) is 17.1 Å². The summed E-state index contributed by atoms with van der Waals surface area (Å²) in [5.74, 6) is -1.28. The SMILES string of the molecule is N#Cc1c(C(=O)Cl)cc(F)cc1C(F)(F)F. The first-order valence-electron chi connectivity index (χ1n) is 3.78. The molecule has 0 heterocycles. The van der Waals surface area contributed by atoms with Gasteiger partial charge in [-0.25, -0.2) is 4.39 Å². The number of hydrogen-bond acceptors (Lipinski definition) is 2. The zero-order chi connectivity index (χ0) is 12.5. The number of nitrogens with zero attached hydrogens (tertiary/aromatic N) is 1. The summed E-state index contributed by atoms with van der Waals surface area (Å²) in [4.78, 5) is 10.7. The van der Waals surface area contributed by atoms with Gasteiger partial charge in [-0.1, -0.05) is 0 Å². The van der Waals surface area contributed by atoms with Gasteiger partial charge in [-0.15, -0.1) is 0 Å². The van der Waals surface area contributed by atoms with Gasteiger partial charge in [0.1, 0.15) is 11.9 Å². The molecule has 1 aromatic rings. The Labute approximate surface area is 92.0 Å². The van der Waals surface area contributed by atoms with E-state index in [-0.39, 0.29) is 6.07 Å². The van der Waals surface area contributed by atoms with Crippen molar-refractivity contribution >= 4 is 16.8 Å². The zero-order valence-corrected chi connectivity index (χ0v) is 8.16. The van der Waals surface area contributed by atoms with Gasteiger partial charge in [0, 0.05) is 0 Å². The lowest BCUT2D eigenvalue weighted by Crippen LogP contribution is -2.11. The fourth-order valence-electron chi connectivity index (χ4n) is 1.11. The van der Waals surface area contributed by atoms with Crippen molar-refractivity contribution in [2.75, 3.05) is 0 Å². The summed E-state index contributed by atoms with van der Waals surface area (Å²) in [7, 11) is 0. The molecule has 2 nitrogen and oxygen atoms in total. The van der Waals surface area contributed by atoms with E-state index in [1.807, 2.05) is 0 Å². The summed E-state index contributed by atoms with van der Waals surface area (Å²) in [5, 5.41) is 7.20. The maximum absolute atomic E-state index is 12.8. The van der Waals surface area contributed by atoms with Crippen molar-refractivity contribution in [3.8, 4) is 6.07 Å². The van der Waals surface area contributed by atoms with Crippen LogP contribution in [0.4, 0.5) is 17.6 Å². The third-order valence-electron chi connectivity index (χ3n) is 1.73. The Hall–Kier alpha value is -1.61. The molecule has 0 aliphatic heterocycles.